The van der Waals surface area contributed by atoms with Gasteiger partial charge in [0.15, 0.2) is 0 Å². The zero-order valence-corrected chi connectivity index (χ0v) is 13.1. The summed E-state index contributed by atoms with van der Waals surface area (Å²) in [5.41, 5.74) is 1.14. The van der Waals surface area contributed by atoms with Crippen molar-refractivity contribution in [3.63, 3.8) is 0 Å². The number of hydrogen-bond donors (Lipinski definition) is 2. The van der Waals surface area contributed by atoms with Crippen LogP contribution in [-0.2, 0) is 6.54 Å². The van der Waals surface area contributed by atoms with E-state index < -0.39 is 0 Å². The molecule has 0 aliphatic rings. The van der Waals surface area contributed by atoms with Gasteiger partial charge >= 0.3 is 0 Å². The molecule has 0 atom stereocenters. The lowest BCUT2D eigenvalue weighted by molar-refractivity contribution is 0.0945. The molecule has 0 radical (unpaired) electrons. The Morgan fingerprint density at radius 1 is 1.43 bits per heavy atom. The van der Waals surface area contributed by atoms with Crippen LogP contribution in [0, 0.1) is 0 Å². The molecule has 0 spiro atoms. The Hall–Kier alpha value is -1.72. The van der Waals surface area contributed by atoms with Crippen molar-refractivity contribution in [1.29, 1.82) is 0 Å². The molecule has 0 bridgehead atoms. The first-order valence-electron chi connectivity index (χ1n) is 6.39. The van der Waals surface area contributed by atoms with Gasteiger partial charge in [-0.25, -0.2) is 5.10 Å². The molecular formula is C14H15Cl2N3O2. The van der Waals surface area contributed by atoms with Crippen molar-refractivity contribution < 1.29 is 9.53 Å². The highest BCUT2D eigenvalue weighted by Gasteiger charge is 2.16. The number of ether oxygens (including phenoxy) is 1. The summed E-state index contributed by atoms with van der Waals surface area (Å²) in [5.74, 6) is 0.0649. The molecule has 1 amide bonds. The van der Waals surface area contributed by atoms with E-state index in [2.05, 4.69) is 15.5 Å². The van der Waals surface area contributed by atoms with Crippen molar-refractivity contribution in [1.82, 2.24) is 15.5 Å². The number of carbonyl (C=O) groups excluding carboxylic acids is 1. The summed E-state index contributed by atoms with van der Waals surface area (Å²) in [4.78, 5) is 12.1. The minimum Gasteiger partial charge on any atom is -0.475 e. The van der Waals surface area contributed by atoms with E-state index in [1.807, 2.05) is 13.8 Å². The molecule has 0 unspecified atom stereocenters. The van der Waals surface area contributed by atoms with E-state index in [0.29, 0.717) is 28.0 Å². The fourth-order valence-electron chi connectivity index (χ4n) is 1.70. The zero-order valence-electron chi connectivity index (χ0n) is 11.6. The average molecular weight is 328 g/mol. The number of rotatable bonds is 5. The largest absolute Gasteiger partial charge is 0.475 e. The molecule has 2 aromatic rings. The molecule has 7 heteroatoms. The van der Waals surface area contributed by atoms with Crippen LogP contribution < -0.4 is 10.1 Å². The van der Waals surface area contributed by atoms with E-state index in [1.165, 1.54) is 6.20 Å². The number of nitrogens with one attached hydrogen (secondary N) is 2. The number of hydrogen-bond acceptors (Lipinski definition) is 3. The molecule has 0 fully saturated rings. The molecule has 2 rings (SSSR count). The van der Waals surface area contributed by atoms with E-state index in [9.17, 15) is 4.79 Å². The van der Waals surface area contributed by atoms with Gasteiger partial charge in [-0.1, -0.05) is 29.3 Å². The summed E-state index contributed by atoms with van der Waals surface area (Å²) >= 11 is 11.9. The highest BCUT2D eigenvalue weighted by atomic mass is 35.5. The van der Waals surface area contributed by atoms with Crippen LogP contribution in [-0.4, -0.2) is 22.2 Å². The summed E-state index contributed by atoms with van der Waals surface area (Å²) < 4.78 is 5.48. The van der Waals surface area contributed by atoms with Crippen molar-refractivity contribution >= 4 is 29.1 Å². The van der Waals surface area contributed by atoms with Gasteiger partial charge in [0.1, 0.15) is 5.56 Å². The first-order valence-corrected chi connectivity index (χ1v) is 7.15. The van der Waals surface area contributed by atoms with E-state index in [4.69, 9.17) is 27.9 Å². The fourth-order valence-corrected chi connectivity index (χ4v) is 2.17. The SMILES string of the molecule is CC(C)Oc1[nH]ncc1C(=O)NCc1ccc(Cl)cc1Cl. The van der Waals surface area contributed by atoms with Gasteiger partial charge in [0.25, 0.3) is 5.91 Å². The normalized spacial score (nSPS) is 10.7. The molecule has 112 valence electrons. The molecule has 0 saturated heterocycles. The molecule has 0 aliphatic carbocycles. The van der Waals surface area contributed by atoms with Gasteiger partial charge in [-0.3, -0.25) is 4.79 Å². The third-order valence-electron chi connectivity index (χ3n) is 2.66. The predicted octanol–water partition coefficient (Wildman–Crippen LogP) is 3.43. The lowest BCUT2D eigenvalue weighted by Crippen LogP contribution is -2.23. The molecule has 5 nitrogen and oxygen atoms in total. The van der Waals surface area contributed by atoms with Crippen LogP contribution in [0.3, 0.4) is 0 Å². The Kier molecular flexibility index (Phi) is 5.09. The number of aromatic amines is 1. The number of H-pyrrole nitrogens is 1. The minimum absolute atomic E-state index is 0.0530. The molecule has 1 aromatic heterocycles. The van der Waals surface area contributed by atoms with Crippen LogP contribution in [0.5, 0.6) is 5.88 Å². The molecule has 0 aliphatic heterocycles. The molecule has 2 N–H and O–H groups in total. The Balaban J connectivity index is 2.03. The van der Waals surface area contributed by atoms with Crippen LogP contribution in [0.4, 0.5) is 0 Å². The molecule has 21 heavy (non-hydrogen) atoms. The van der Waals surface area contributed by atoms with Crippen molar-refractivity contribution in [2.24, 2.45) is 0 Å². The van der Waals surface area contributed by atoms with E-state index in [-0.39, 0.29) is 12.0 Å². The van der Waals surface area contributed by atoms with E-state index in [1.54, 1.807) is 18.2 Å². The second kappa shape index (κ2) is 6.83. The number of benzene rings is 1. The van der Waals surface area contributed by atoms with Gasteiger partial charge in [-0.05, 0) is 31.5 Å². The highest BCUT2D eigenvalue weighted by Crippen LogP contribution is 2.21. The van der Waals surface area contributed by atoms with Gasteiger partial charge in [0.05, 0.1) is 12.3 Å². The summed E-state index contributed by atoms with van der Waals surface area (Å²) in [7, 11) is 0. The molecule has 1 aromatic carbocycles. The number of carbonyl (C=O) groups is 1. The van der Waals surface area contributed by atoms with E-state index in [0.717, 1.165) is 5.56 Å². The lowest BCUT2D eigenvalue weighted by Gasteiger charge is -2.10. The number of amides is 1. The second-order valence-electron chi connectivity index (χ2n) is 4.70. The highest BCUT2D eigenvalue weighted by molar-refractivity contribution is 6.35. The van der Waals surface area contributed by atoms with Crippen molar-refractivity contribution in [3.8, 4) is 5.88 Å². The summed E-state index contributed by atoms with van der Waals surface area (Å²) in [6.07, 6.45) is 1.37. The number of aromatic nitrogens is 2. The first-order chi connectivity index (χ1) is 9.97. The van der Waals surface area contributed by atoms with Crippen LogP contribution in [0.1, 0.15) is 29.8 Å². The summed E-state index contributed by atoms with van der Waals surface area (Å²) in [5, 5.41) is 10.3. The Labute approximate surface area is 132 Å². The van der Waals surface area contributed by atoms with Crippen LogP contribution in [0.15, 0.2) is 24.4 Å². The number of halogens is 2. The zero-order chi connectivity index (χ0) is 15.4. The summed E-state index contributed by atoms with van der Waals surface area (Å²) in [6.45, 7) is 4.03. The van der Waals surface area contributed by atoms with Crippen molar-refractivity contribution in [2.75, 3.05) is 0 Å². The number of nitrogens with zero attached hydrogens (tertiary/aromatic N) is 1. The van der Waals surface area contributed by atoms with Crippen LogP contribution >= 0.6 is 23.2 Å². The van der Waals surface area contributed by atoms with Gasteiger partial charge < -0.3 is 10.1 Å². The second-order valence-corrected chi connectivity index (χ2v) is 5.54. The molecule has 1 heterocycles. The first kappa shape index (κ1) is 15.7. The Bertz CT molecular complexity index is 641. The third kappa shape index (κ3) is 4.12. The van der Waals surface area contributed by atoms with Gasteiger partial charge in [0, 0.05) is 16.6 Å². The van der Waals surface area contributed by atoms with E-state index >= 15 is 0 Å². The summed E-state index contributed by atoms with van der Waals surface area (Å²) in [6, 6.07) is 5.13. The standard InChI is InChI=1S/C14H15Cl2N3O2/c1-8(2)21-14-11(7-18-19-14)13(20)17-6-9-3-4-10(15)5-12(9)16/h3-5,7-8H,6H2,1-2H3,(H,17,20)(H,18,19). The maximum atomic E-state index is 12.1. The average Bonchev–Trinajstić information content (AvgIpc) is 2.84. The smallest absolute Gasteiger partial charge is 0.258 e. The Morgan fingerprint density at radius 2 is 2.19 bits per heavy atom. The molecular weight excluding hydrogens is 313 g/mol. The fraction of sp³-hybridized carbons (Fsp3) is 0.286. The van der Waals surface area contributed by atoms with Crippen LogP contribution in [0.25, 0.3) is 0 Å². The van der Waals surface area contributed by atoms with Gasteiger partial charge in [-0.15, -0.1) is 0 Å². The Morgan fingerprint density at radius 3 is 2.86 bits per heavy atom. The van der Waals surface area contributed by atoms with Gasteiger partial charge in [-0.2, -0.15) is 5.10 Å². The van der Waals surface area contributed by atoms with Crippen molar-refractivity contribution in [3.05, 3.63) is 45.6 Å². The minimum atomic E-state index is -0.287. The van der Waals surface area contributed by atoms with Crippen LogP contribution in [0.2, 0.25) is 10.0 Å². The monoisotopic (exact) mass is 327 g/mol. The maximum Gasteiger partial charge on any atom is 0.258 e. The van der Waals surface area contributed by atoms with Crippen molar-refractivity contribution in [2.45, 2.75) is 26.5 Å². The third-order valence-corrected chi connectivity index (χ3v) is 3.24. The topological polar surface area (TPSA) is 67.0 Å². The van der Waals surface area contributed by atoms with Gasteiger partial charge in [0.2, 0.25) is 5.88 Å². The quantitative estimate of drug-likeness (QED) is 0.884. The maximum absolute atomic E-state index is 12.1. The molecule has 0 saturated carbocycles. The predicted molar refractivity (Wildman–Crippen MR) is 82.0 cm³/mol. The lowest BCUT2D eigenvalue weighted by atomic mass is 10.2.